The number of amides is 1. The number of alkyl halides is 2. The van der Waals surface area contributed by atoms with Gasteiger partial charge >= 0.3 is 0 Å². The van der Waals surface area contributed by atoms with Gasteiger partial charge in [0.25, 0.3) is 5.91 Å². The molecule has 0 saturated carbocycles. The topological polar surface area (TPSA) is 79.4 Å². The van der Waals surface area contributed by atoms with Crippen LogP contribution in [-0.2, 0) is 0 Å². The van der Waals surface area contributed by atoms with Gasteiger partial charge in [-0.25, -0.2) is 23.1 Å². The van der Waals surface area contributed by atoms with Crippen molar-refractivity contribution in [3.05, 3.63) is 40.8 Å². The Morgan fingerprint density at radius 1 is 1.25 bits per heavy atom. The molecule has 0 aliphatic carbocycles. The number of carbonyl (C=O) groups is 1. The molecule has 0 unspecified atom stereocenters. The van der Waals surface area contributed by atoms with E-state index in [1.54, 1.807) is 6.92 Å². The number of aryl methyl sites for hydroxylation is 1. The molecule has 0 fully saturated rings. The summed E-state index contributed by atoms with van der Waals surface area (Å²) >= 11 is 1.23. The van der Waals surface area contributed by atoms with E-state index in [1.165, 1.54) is 29.8 Å². The van der Waals surface area contributed by atoms with Crippen LogP contribution in [0, 0.1) is 12.7 Å². The van der Waals surface area contributed by atoms with Crippen LogP contribution in [0.3, 0.4) is 0 Å². The molecule has 32 heavy (non-hydrogen) atoms. The third-order valence-corrected chi connectivity index (χ3v) is 5.81. The van der Waals surface area contributed by atoms with Crippen molar-refractivity contribution in [1.82, 2.24) is 20.2 Å². The first-order valence-electron chi connectivity index (χ1n) is 9.86. The minimum absolute atomic E-state index is 0.0494. The number of nitrogens with zero attached hydrogens (tertiary/aromatic N) is 3. The van der Waals surface area contributed by atoms with Crippen molar-refractivity contribution in [3.8, 4) is 5.75 Å². The first-order valence-corrected chi connectivity index (χ1v) is 10.7. The Labute approximate surface area is 187 Å². The number of hydrogen-bond donors (Lipinski definition) is 2. The second-order valence-electron chi connectivity index (χ2n) is 7.33. The Bertz CT molecular complexity index is 1090. The van der Waals surface area contributed by atoms with Gasteiger partial charge in [0.15, 0.2) is 6.10 Å². The van der Waals surface area contributed by atoms with E-state index in [-0.39, 0.29) is 17.3 Å². The van der Waals surface area contributed by atoms with E-state index in [2.05, 4.69) is 20.6 Å². The summed E-state index contributed by atoms with van der Waals surface area (Å²) in [5, 5.41) is 6.53. The zero-order chi connectivity index (χ0) is 23.3. The highest BCUT2D eigenvalue weighted by molar-refractivity contribution is 7.20. The van der Waals surface area contributed by atoms with Crippen LogP contribution in [0.1, 0.15) is 15.2 Å². The average molecular weight is 468 g/mol. The molecule has 0 atom stereocenters. The van der Waals surface area contributed by atoms with Gasteiger partial charge in [0, 0.05) is 19.2 Å². The Balaban J connectivity index is 1.92. The minimum Gasteiger partial charge on any atom is -0.483 e. The summed E-state index contributed by atoms with van der Waals surface area (Å²) in [6, 6.07) is 3.63. The highest BCUT2D eigenvalue weighted by Gasteiger charge is 2.21. The fourth-order valence-corrected chi connectivity index (χ4v) is 4.03. The first kappa shape index (κ1) is 23.7. The van der Waals surface area contributed by atoms with Crippen LogP contribution in [0.2, 0.25) is 0 Å². The molecule has 2 N–H and O–H groups in total. The van der Waals surface area contributed by atoms with Gasteiger partial charge in [-0.15, -0.1) is 11.3 Å². The Morgan fingerprint density at radius 3 is 2.69 bits per heavy atom. The highest BCUT2D eigenvalue weighted by atomic mass is 32.1. The molecular formula is C21H24F3N5O2S. The first-order chi connectivity index (χ1) is 15.3. The number of benzene rings is 1. The summed E-state index contributed by atoms with van der Waals surface area (Å²) in [5.41, 5.74) is 0.964. The number of aromatic nitrogens is 2. The number of carbonyl (C=O) groups excluding carboxylic acids is 1. The van der Waals surface area contributed by atoms with E-state index in [0.717, 1.165) is 6.07 Å². The maximum atomic E-state index is 13.7. The van der Waals surface area contributed by atoms with Crippen molar-refractivity contribution in [2.75, 3.05) is 45.9 Å². The second-order valence-corrected chi connectivity index (χ2v) is 8.33. The van der Waals surface area contributed by atoms with E-state index < -0.39 is 25.3 Å². The number of anilines is 2. The normalized spacial score (nSPS) is 11.4. The zero-order valence-electron chi connectivity index (χ0n) is 17.9. The summed E-state index contributed by atoms with van der Waals surface area (Å²) in [6.45, 7) is 0.879. The lowest BCUT2D eigenvalue weighted by atomic mass is 10.2. The summed E-state index contributed by atoms with van der Waals surface area (Å²) in [5.74, 6) is -0.507. The van der Waals surface area contributed by atoms with Crippen molar-refractivity contribution in [2.24, 2.45) is 0 Å². The van der Waals surface area contributed by atoms with Crippen molar-refractivity contribution in [2.45, 2.75) is 13.0 Å². The molecule has 0 radical (unpaired) electrons. The van der Waals surface area contributed by atoms with Gasteiger partial charge in [0.2, 0.25) is 0 Å². The Hall–Kier alpha value is -2.92. The predicted molar refractivity (Wildman–Crippen MR) is 119 cm³/mol. The van der Waals surface area contributed by atoms with E-state index in [0.29, 0.717) is 39.6 Å². The van der Waals surface area contributed by atoms with Crippen molar-refractivity contribution >= 4 is 39.0 Å². The number of halogens is 3. The van der Waals surface area contributed by atoms with Crippen molar-refractivity contribution < 1.29 is 22.7 Å². The minimum atomic E-state index is -1.34. The van der Waals surface area contributed by atoms with Gasteiger partial charge in [-0.05, 0) is 38.7 Å². The molecule has 172 valence electrons. The third-order valence-electron chi connectivity index (χ3n) is 4.61. The van der Waals surface area contributed by atoms with Crippen molar-refractivity contribution in [3.63, 3.8) is 0 Å². The van der Waals surface area contributed by atoms with Crippen LogP contribution < -0.4 is 15.4 Å². The monoisotopic (exact) mass is 467 g/mol. The lowest BCUT2D eigenvalue weighted by Gasteiger charge is -2.17. The average Bonchev–Trinajstić information content (AvgIpc) is 3.11. The number of ether oxygens (including phenoxy) is 1. The number of hydrogen-bond acceptors (Lipinski definition) is 7. The largest absolute Gasteiger partial charge is 0.483 e. The molecular weight excluding hydrogens is 443 g/mol. The van der Waals surface area contributed by atoms with E-state index in [1.807, 2.05) is 19.0 Å². The third kappa shape index (κ3) is 5.46. The number of fused-ring (bicyclic) bond motifs is 1. The standard InChI is InChI=1S/C21H24F3N5O2S/c1-12-17-19(28-15-5-4-13(24)8-16(15)31-14(9-22)10-23)26-11-27-21(17)32-18(12)20(30)25-6-7-29(2)3/h4-5,8,11,14H,6-7,9-10H2,1-3H3,(H,25,30)(H,26,27,28). The number of nitrogens with one attached hydrogen (secondary N) is 2. The molecule has 1 amide bonds. The Kier molecular flexibility index (Phi) is 7.86. The predicted octanol–water partition coefficient (Wildman–Crippen LogP) is 3.86. The van der Waals surface area contributed by atoms with E-state index in [4.69, 9.17) is 4.74 Å². The lowest BCUT2D eigenvalue weighted by Crippen LogP contribution is -2.31. The Morgan fingerprint density at radius 2 is 2.00 bits per heavy atom. The molecule has 1 aromatic carbocycles. The lowest BCUT2D eigenvalue weighted by molar-refractivity contribution is 0.0954. The van der Waals surface area contributed by atoms with Crippen LogP contribution in [0.5, 0.6) is 5.75 Å². The molecule has 0 spiro atoms. The maximum Gasteiger partial charge on any atom is 0.261 e. The van der Waals surface area contributed by atoms with Crippen LogP contribution >= 0.6 is 11.3 Å². The zero-order valence-corrected chi connectivity index (χ0v) is 18.7. The quantitative estimate of drug-likeness (QED) is 0.472. The molecule has 3 rings (SSSR count). The molecule has 0 saturated heterocycles. The van der Waals surface area contributed by atoms with E-state index in [9.17, 15) is 18.0 Å². The van der Waals surface area contributed by atoms with Gasteiger partial charge in [-0.1, -0.05) is 0 Å². The van der Waals surface area contributed by atoms with Gasteiger partial charge < -0.3 is 20.3 Å². The molecule has 3 aromatic rings. The molecule has 0 aliphatic heterocycles. The van der Waals surface area contributed by atoms with Crippen LogP contribution in [0.15, 0.2) is 24.5 Å². The molecule has 2 heterocycles. The summed E-state index contributed by atoms with van der Waals surface area (Å²) in [4.78, 5) is 24.2. The summed E-state index contributed by atoms with van der Waals surface area (Å²) in [7, 11) is 3.84. The van der Waals surface area contributed by atoms with Crippen molar-refractivity contribution in [1.29, 1.82) is 0 Å². The van der Waals surface area contributed by atoms with Crippen LogP contribution in [0.25, 0.3) is 10.2 Å². The molecule has 0 aliphatic rings. The highest BCUT2D eigenvalue weighted by Crippen LogP contribution is 2.36. The number of rotatable bonds is 10. The van der Waals surface area contributed by atoms with E-state index >= 15 is 0 Å². The summed E-state index contributed by atoms with van der Waals surface area (Å²) < 4.78 is 44.9. The smallest absolute Gasteiger partial charge is 0.261 e. The SMILES string of the molecule is Cc1c(C(=O)NCCN(C)C)sc2ncnc(Nc3ccc(F)cc3OC(CF)CF)c12. The van der Waals surface area contributed by atoms with Crippen LogP contribution in [-0.4, -0.2) is 67.4 Å². The number of thiophene rings is 1. The molecule has 0 bridgehead atoms. The fraction of sp³-hybridized carbons (Fsp3) is 0.381. The fourth-order valence-electron chi connectivity index (χ4n) is 2.96. The van der Waals surface area contributed by atoms with Gasteiger partial charge in [0.05, 0.1) is 16.0 Å². The maximum absolute atomic E-state index is 13.7. The second kappa shape index (κ2) is 10.6. The van der Waals surface area contributed by atoms with Gasteiger partial charge in [-0.3, -0.25) is 4.79 Å². The number of likely N-dealkylation sites (N-methyl/N-ethyl adjacent to an activating group) is 1. The van der Waals surface area contributed by atoms with Gasteiger partial charge in [0.1, 0.15) is 41.9 Å². The molecule has 7 nitrogen and oxygen atoms in total. The van der Waals surface area contributed by atoms with Gasteiger partial charge in [-0.2, -0.15) is 0 Å². The molecule has 11 heteroatoms. The summed E-state index contributed by atoms with van der Waals surface area (Å²) in [6.07, 6.45) is -0.00672. The molecule has 2 aromatic heterocycles. The van der Waals surface area contributed by atoms with Crippen LogP contribution in [0.4, 0.5) is 24.7 Å².